The lowest BCUT2D eigenvalue weighted by molar-refractivity contribution is -0.121. The maximum Gasteiger partial charge on any atom is 0.242 e. The molecule has 1 saturated heterocycles. The van der Waals surface area contributed by atoms with E-state index in [-0.39, 0.29) is 11.8 Å². The predicted octanol–water partition coefficient (Wildman–Crippen LogP) is 0.561. The standard InChI is InChI=1S/C8H8N2O/c1-3-7-5(2)6(4-9)8(11)10-7/h5-6H,1H2,2H3,(H,10,11). The second-order valence-electron chi connectivity index (χ2n) is 2.48. The third-order valence-electron chi connectivity index (χ3n) is 1.83. The molecule has 0 radical (unpaired) electrons. The zero-order chi connectivity index (χ0) is 8.43. The van der Waals surface area contributed by atoms with Crippen molar-refractivity contribution in [2.75, 3.05) is 0 Å². The molecule has 56 valence electrons. The molecule has 1 fully saturated rings. The van der Waals surface area contributed by atoms with E-state index >= 15 is 0 Å². The van der Waals surface area contributed by atoms with Crippen molar-refractivity contribution in [1.82, 2.24) is 5.32 Å². The molecular formula is C8H8N2O. The van der Waals surface area contributed by atoms with E-state index in [1.54, 1.807) is 6.92 Å². The number of hydrogen-bond donors (Lipinski definition) is 1. The number of allylic oxidation sites excluding steroid dienone is 1. The maximum absolute atomic E-state index is 11.0. The van der Waals surface area contributed by atoms with Crippen LogP contribution in [0.4, 0.5) is 0 Å². The smallest absolute Gasteiger partial charge is 0.242 e. The fraction of sp³-hybridized carbons (Fsp3) is 0.375. The van der Waals surface area contributed by atoms with Gasteiger partial charge in [-0.15, -0.1) is 5.73 Å². The van der Waals surface area contributed by atoms with Gasteiger partial charge in [-0.05, 0) is 0 Å². The first-order valence-corrected chi connectivity index (χ1v) is 3.31. The molecule has 0 aliphatic carbocycles. The van der Waals surface area contributed by atoms with Crippen molar-refractivity contribution in [1.29, 1.82) is 5.26 Å². The van der Waals surface area contributed by atoms with Gasteiger partial charge in [-0.1, -0.05) is 13.5 Å². The minimum atomic E-state index is -0.570. The zero-order valence-electron chi connectivity index (χ0n) is 6.22. The average Bonchev–Trinajstić information content (AvgIpc) is 2.26. The van der Waals surface area contributed by atoms with E-state index in [4.69, 9.17) is 5.26 Å². The maximum atomic E-state index is 11.0. The Morgan fingerprint density at radius 3 is 2.64 bits per heavy atom. The lowest BCUT2D eigenvalue weighted by Gasteiger charge is -2.00. The van der Waals surface area contributed by atoms with Gasteiger partial charge in [-0.3, -0.25) is 4.79 Å². The lowest BCUT2D eigenvalue weighted by Crippen LogP contribution is -2.17. The predicted molar refractivity (Wildman–Crippen MR) is 39.1 cm³/mol. The van der Waals surface area contributed by atoms with Crippen LogP contribution in [0.5, 0.6) is 0 Å². The molecule has 0 bridgehead atoms. The molecule has 1 rings (SSSR count). The van der Waals surface area contributed by atoms with Gasteiger partial charge in [0.15, 0.2) is 0 Å². The zero-order valence-corrected chi connectivity index (χ0v) is 6.22. The van der Waals surface area contributed by atoms with E-state index in [1.165, 1.54) is 0 Å². The quantitative estimate of drug-likeness (QED) is 0.510. The number of amides is 1. The van der Waals surface area contributed by atoms with Crippen molar-refractivity contribution in [2.45, 2.75) is 6.92 Å². The minimum absolute atomic E-state index is 0.0926. The molecule has 1 aliphatic heterocycles. The van der Waals surface area contributed by atoms with Gasteiger partial charge in [0.2, 0.25) is 5.91 Å². The molecule has 0 saturated carbocycles. The Labute approximate surface area is 65.0 Å². The summed E-state index contributed by atoms with van der Waals surface area (Å²) in [7, 11) is 0. The Balaban J connectivity index is 2.99. The Bertz CT molecular complexity index is 281. The topological polar surface area (TPSA) is 52.9 Å². The summed E-state index contributed by atoms with van der Waals surface area (Å²) in [5, 5.41) is 11.1. The highest BCUT2D eigenvalue weighted by Crippen LogP contribution is 2.23. The first-order valence-electron chi connectivity index (χ1n) is 3.31. The minimum Gasteiger partial charge on any atom is -0.322 e. The van der Waals surface area contributed by atoms with Gasteiger partial charge in [-0.25, -0.2) is 0 Å². The lowest BCUT2D eigenvalue weighted by atomic mass is 9.97. The van der Waals surface area contributed by atoms with Gasteiger partial charge in [0.1, 0.15) is 5.92 Å². The molecule has 3 heteroatoms. The molecule has 2 unspecified atom stereocenters. The summed E-state index contributed by atoms with van der Waals surface area (Å²) in [5.74, 6) is -0.907. The van der Waals surface area contributed by atoms with Crippen molar-refractivity contribution in [3.63, 3.8) is 0 Å². The van der Waals surface area contributed by atoms with Gasteiger partial charge in [0.05, 0.1) is 11.8 Å². The second kappa shape index (κ2) is 2.61. The summed E-state index contributed by atoms with van der Waals surface area (Å²) in [6.07, 6.45) is 0. The Kier molecular flexibility index (Phi) is 1.80. The highest BCUT2D eigenvalue weighted by Gasteiger charge is 2.35. The van der Waals surface area contributed by atoms with E-state index < -0.39 is 5.92 Å². The molecule has 3 nitrogen and oxygen atoms in total. The highest BCUT2D eigenvalue weighted by atomic mass is 16.2. The van der Waals surface area contributed by atoms with Crippen LogP contribution >= 0.6 is 0 Å². The average molecular weight is 148 g/mol. The summed E-state index contributed by atoms with van der Waals surface area (Å²) < 4.78 is 0. The van der Waals surface area contributed by atoms with Crippen LogP contribution < -0.4 is 5.32 Å². The van der Waals surface area contributed by atoms with Crippen molar-refractivity contribution in [3.05, 3.63) is 18.0 Å². The molecule has 1 N–H and O–H groups in total. The molecule has 0 aromatic rings. The molecule has 1 heterocycles. The van der Waals surface area contributed by atoms with Gasteiger partial charge < -0.3 is 5.32 Å². The van der Waals surface area contributed by atoms with Crippen molar-refractivity contribution in [2.24, 2.45) is 11.8 Å². The first kappa shape index (κ1) is 7.59. The number of hydrogen-bond acceptors (Lipinski definition) is 2. The summed E-state index contributed by atoms with van der Waals surface area (Å²) in [4.78, 5) is 11.0. The van der Waals surface area contributed by atoms with Crippen molar-refractivity contribution in [3.8, 4) is 6.07 Å². The Morgan fingerprint density at radius 1 is 1.73 bits per heavy atom. The summed E-state index contributed by atoms with van der Waals surface area (Å²) >= 11 is 0. The van der Waals surface area contributed by atoms with E-state index in [0.29, 0.717) is 5.70 Å². The molecule has 2 atom stereocenters. The van der Waals surface area contributed by atoms with E-state index in [0.717, 1.165) is 0 Å². The number of nitriles is 1. The molecule has 1 aliphatic rings. The number of carbonyl (C=O) groups is 1. The molecule has 0 aromatic heterocycles. The largest absolute Gasteiger partial charge is 0.322 e. The summed E-state index contributed by atoms with van der Waals surface area (Å²) in [6, 6.07) is 1.93. The Hall–Kier alpha value is -1.52. The normalized spacial score (nSPS) is 29.1. The number of rotatable bonds is 0. The van der Waals surface area contributed by atoms with Crippen LogP contribution in [0.15, 0.2) is 18.0 Å². The van der Waals surface area contributed by atoms with E-state index in [9.17, 15) is 4.79 Å². The van der Waals surface area contributed by atoms with Crippen LogP contribution in [-0.4, -0.2) is 5.91 Å². The van der Waals surface area contributed by atoms with Crippen LogP contribution in [0.2, 0.25) is 0 Å². The van der Waals surface area contributed by atoms with Gasteiger partial charge in [0.25, 0.3) is 0 Å². The SMILES string of the molecule is C=C=C1NC(=O)C(C#N)C1C. The third kappa shape index (κ3) is 1.04. The number of nitrogens with zero attached hydrogens (tertiary/aromatic N) is 1. The van der Waals surface area contributed by atoms with Crippen LogP contribution in [0, 0.1) is 23.2 Å². The van der Waals surface area contributed by atoms with Gasteiger partial charge in [0, 0.05) is 5.92 Å². The molecule has 0 aromatic carbocycles. The fourth-order valence-electron chi connectivity index (χ4n) is 1.09. The van der Waals surface area contributed by atoms with Crippen molar-refractivity contribution >= 4 is 5.91 Å². The number of carbonyl (C=O) groups excluding carboxylic acids is 1. The highest BCUT2D eigenvalue weighted by molar-refractivity contribution is 5.86. The summed E-state index contributed by atoms with van der Waals surface area (Å²) in [5.41, 5.74) is 3.22. The van der Waals surface area contributed by atoms with Crippen LogP contribution in [0.3, 0.4) is 0 Å². The Morgan fingerprint density at radius 2 is 2.36 bits per heavy atom. The van der Waals surface area contributed by atoms with E-state index in [1.807, 2.05) is 6.07 Å². The monoisotopic (exact) mass is 148 g/mol. The molecule has 0 spiro atoms. The van der Waals surface area contributed by atoms with Crippen LogP contribution in [0.1, 0.15) is 6.92 Å². The molecular weight excluding hydrogens is 140 g/mol. The van der Waals surface area contributed by atoms with Crippen molar-refractivity contribution < 1.29 is 4.79 Å². The second-order valence-corrected chi connectivity index (χ2v) is 2.48. The van der Waals surface area contributed by atoms with Gasteiger partial charge in [-0.2, -0.15) is 5.26 Å². The molecule has 11 heavy (non-hydrogen) atoms. The van der Waals surface area contributed by atoms with E-state index in [2.05, 4.69) is 17.6 Å². The van der Waals surface area contributed by atoms with Crippen LogP contribution in [-0.2, 0) is 4.79 Å². The third-order valence-corrected chi connectivity index (χ3v) is 1.83. The molecule has 1 amide bonds. The summed E-state index contributed by atoms with van der Waals surface area (Å²) in [6.45, 7) is 5.21. The van der Waals surface area contributed by atoms with Gasteiger partial charge >= 0.3 is 0 Å². The fourth-order valence-corrected chi connectivity index (χ4v) is 1.09. The van der Waals surface area contributed by atoms with Crippen LogP contribution in [0.25, 0.3) is 0 Å². The number of nitrogens with one attached hydrogen (secondary N) is 1. The first-order chi connectivity index (χ1) is 5.20.